The largest absolute Gasteiger partial charge is 0.508 e. The lowest BCUT2D eigenvalue weighted by atomic mass is 9.97. The predicted octanol–water partition coefficient (Wildman–Crippen LogP) is 6.05. The van der Waals surface area contributed by atoms with Crippen LogP contribution in [0.1, 0.15) is 37.1 Å². The van der Waals surface area contributed by atoms with Crippen LogP contribution in [0.5, 0.6) is 5.75 Å². The smallest absolute Gasteiger partial charge is 0.249 e. The second kappa shape index (κ2) is 11.5. The maximum Gasteiger partial charge on any atom is 0.249 e. The zero-order valence-corrected chi connectivity index (χ0v) is 22.4. The van der Waals surface area contributed by atoms with Crippen molar-refractivity contribution in [1.82, 2.24) is 9.27 Å². The summed E-state index contributed by atoms with van der Waals surface area (Å²) in [5.41, 5.74) is 2.13. The Bertz CT molecular complexity index is 1400. The molecule has 1 aliphatic rings. The minimum atomic E-state index is -0.489. The minimum Gasteiger partial charge on any atom is -0.508 e. The first-order chi connectivity index (χ1) is 17.7. The summed E-state index contributed by atoms with van der Waals surface area (Å²) in [5, 5.41) is 22.3. The normalized spacial score (nSPS) is 15.2. The molecule has 0 radical (unpaired) electrons. The summed E-state index contributed by atoms with van der Waals surface area (Å²) in [6.45, 7) is 9.12. The monoisotopic (exact) mass is 541 g/mol. The number of piperazine rings is 1. The van der Waals surface area contributed by atoms with Crippen molar-refractivity contribution in [3.05, 3.63) is 70.4 Å². The number of hydrogen-bond acceptors (Lipinski definition) is 6. The Morgan fingerprint density at radius 2 is 1.92 bits per heavy atom. The van der Waals surface area contributed by atoms with Gasteiger partial charge in [0.25, 0.3) is 0 Å². The molecule has 1 amide bonds. The van der Waals surface area contributed by atoms with Crippen LogP contribution in [0.4, 0.5) is 9.39 Å². The van der Waals surface area contributed by atoms with E-state index in [1.807, 2.05) is 24.3 Å². The highest BCUT2D eigenvalue weighted by Crippen LogP contribution is 2.40. The molecule has 1 fully saturated rings. The van der Waals surface area contributed by atoms with Crippen LogP contribution >= 0.6 is 23.1 Å². The number of aromatic hydroxyl groups is 1. The maximum atomic E-state index is 16.1. The Kier molecular flexibility index (Phi) is 8.32. The number of aromatic nitrogens is 1. The van der Waals surface area contributed by atoms with Crippen LogP contribution in [0, 0.1) is 0 Å². The fourth-order valence-corrected chi connectivity index (χ4v) is 5.50. The number of halogens is 2. The van der Waals surface area contributed by atoms with Gasteiger partial charge in [-0.05, 0) is 65.5 Å². The lowest BCUT2D eigenvalue weighted by Crippen LogP contribution is -2.49. The SMILES string of the molecule is C=C(CCO)C(=O)N1CCN(c2snc(/C(F)=C(\C)c3cc(O)cc4ccccc34)c2/C=C(\C)Cl)CC1. The fourth-order valence-electron chi connectivity index (χ4n) is 4.48. The zero-order valence-electron chi connectivity index (χ0n) is 20.8. The van der Waals surface area contributed by atoms with E-state index < -0.39 is 5.83 Å². The lowest BCUT2D eigenvalue weighted by molar-refractivity contribution is -0.127. The second-order valence-corrected chi connectivity index (χ2v) is 10.3. The van der Waals surface area contributed by atoms with Crippen molar-refractivity contribution < 1.29 is 19.4 Å². The Hall–Kier alpha value is -3.20. The van der Waals surface area contributed by atoms with Gasteiger partial charge in [0, 0.05) is 55.4 Å². The number of phenols is 1. The molecule has 6 nitrogen and oxygen atoms in total. The number of rotatable bonds is 7. The standard InChI is InChI=1S/C28H29ClFN3O3S/c1-17(8-13-34)27(36)32-9-11-33(12-10-32)28-24(14-18(2)29)26(31-37-28)25(30)19(3)23-16-21(35)15-20-6-4-5-7-22(20)23/h4-7,14-16,34-35H,1,8-13H2,2-3H3/b18-14+,25-19-. The van der Waals surface area contributed by atoms with Gasteiger partial charge in [0.2, 0.25) is 5.91 Å². The van der Waals surface area contributed by atoms with Crippen molar-refractivity contribution in [1.29, 1.82) is 0 Å². The number of phenolic OH excluding ortho intramolecular Hbond substituents is 1. The molecule has 9 heteroatoms. The number of carbonyl (C=O) groups is 1. The third-order valence-electron chi connectivity index (χ3n) is 6.41. The topological polar surface area (TPSA) is 76.9 Å². The van der Waals surface area contributed by atoms with Crippen LogP contribution < -0.4 is 4.90 Å². The number of nitrogens with zero attached hydrogens (tertiary/aromatic N) is 3. The first-order valence-corrected chi connectivity index (χ1v) is 13.1. The summed E-state index contributed by atoms with van der Waals surface area (Å²) in [4.78, 5) is 16.4. The molecule has 194 valence electrons. The van der Waals surface area contributed by atoms with Crippen LogP contribution in [0.15, 0.2) is 53.6 Å². The molecule has 4 rings (SSSR count). The molecular formula is C28H29ClFN3O3S. The Morgan fingerprint density at radius 3 is 2.59 bits per heavy atom. The summed E-state index contributed by atoms with van der Waals surface area (Å²) < 4.78 is 20.5. The third-order valence-corrected chi connectivity index (χ3v) is 7.44. The van der Waals surface area contributed by atoms with Crippen molar-refractivity contribution in [3.8, 4) is 5.75 Å². The van der Waals surface area contributed by atoms with E-state index in [1.165, 1.54) is 11.5 Å². The zero-order chi connectivity index (χ0) is 26.7. The minimum absolute atomic E-state index is 0.0608. The van der Waals surface area contributed by atoms with Crippen molar-refractivity contribution in [3.63, 3.8) is 0 Å². The molecule has 0 atom stereocenters. The van der Waals surface area contributed by atoms with Gasteiger partial charge in [-0.2, -0.15) is 4.37 Å². The van der Waals surface area contributed by atoms with E-state index >= 15 is 4.39 Å². The van der Waals surface area contributed by atoms with Crippen LogP contribution in [0.3, 0.4) is 0 Å². The molecule has 1 aromatic heterocycles. The number of benzene rings is 2. The van der Waals surface area contributed by atoms with E-state index in [-0.39, 0.29) is 30.4 Å². The number of allylic oxidation sites excluding steroid dienone is 2. The highest BCUT2D eigenvalue weighted by Gasteiger charge is 2.27. The molecule has 0 spiro atoms. The molecule has 1 aliphatic heterocycles. The number of aliphatic hydroxyl groups excluding tert-OH is 1. The quantitative estimate of drug-likeness (QED) is 0.356. The number of anilines is 1. The van der Waals surface area contributed by atoms with E-state index in [9.17, 15) is 9.90 Å². The van der Waals surface area contributed by atoms with Crippen LogP contribution in [0.2, 0.25) is 0 Å². The van der Waals surface area contributed by atoms with E-state index in [0.29, 0.717) is 53.5 Å². The Morgan fingerprint density at radius 1 is 1.22 bits per heavy atom. The first-order valence-electron chi connectivity index (χ1n) is 12.0. The third kappa shape index (κ3) is 5.71. The molecule has 3 aromatic rings. The van der Waals surface area contributed by atoms with Gasteiger partial charge in [-0.15, -0.1) is 0 Å². The summed E-state index contributed by atoms with van der Waals surface area (Å²) in [7, 11) is 0. The van der Waals surface area contributed by atoms with E-state index in [0.717, 1.165) is 15.8 Å². The molecule has 2 N–H and O–H groups in total. The van der Waals surface area contributed by atoms with Crippen molar-refractivity contribution in [2.75, 3.05) is 37.7 Å². The summed E-state index contributed by atoms with van der Waals surface area (Å²) in [6, 6.07) is 10.7. The van der Waals surface area contributed by atoms with Crippen LogP contribution in [-0.4, -0.2) is 58.2 Å². The van der Waals surface area contributed by atoms with Crippen molar-refractivity contribution >= 4 is 62.3 Å². The van der Waals surface area contributed by atoms with Gasteiger partial charge in [-0.25, -0.2) is 4.39 Å². The summed E-state index contributed by atoms with van der Waals surface area (Å²) in [6.07, 6.45) is 1.96. The molecule has 2 heterocycles. The average molecular weight is 542 g/mol. The molecule has 0 unspecified atom stereocenters. The Labute approximate surface area is 224 Å². The summed E-state index contributed by atoms with van der Waals surface area (Å²) in [5.74, 6) is -0.583. The van der Waals surface area contributed by atoms with Crippen LogP contribution in [0.25, 0.3) is 28.2 Å². The Balaban J connectivity index is 1.68. The highest BCUT2D eigenvalue weighted by molar-refractivity contribution is 7.10. The van der Waals surface area contributed by atoms with Gasteiger partial charge in [0.15, 0.2) is 5.83 Å². The maximum absolute atomic E-state index is 16.1. The number of amides is 1. The summed E-state index contributed by atoms with van der Waals surface area (Å²) >= 11 is 7.44. The van der Waals surface area contributed by atoms with Gasteiger partial charge >= 0.3 is 0 Å². The van der Waals surface area contributed by atoms with E-state index in [1.54, 1.807) is 37.0 Å². The molecule has 0 saturated carbocycles. The molecule has 1 saturated heterocycles. The molecule has 0 aliphatic carbocycles. The first kappa shape index (κ1) is 26.9. The second-order valence-electron chi connectivity index (χ2n) is 8.99. The van der Waals surface area contributed by atoms with Gasteiger partial charge in [0.1, 0.15) is 16.4 Å². The highest BCUT2D eigenvalue weighted by atomic mass is 35.5. The number of aliphatic hydroxyl groups is 1. The van der Waals surface area contributed by atoms with Crippen molar-refractivity contribution in [2.24, 2.45) is 0 Å². The number of carbonyl (C=O) groups excluding carboxylic acids is 1. The number of hydrogen-bond donors (Lipinski definition) is 2. The van der Waals surface area contributed by atoms with Crippen molar-refractivity contribution in [2.45, 2.75) is 20.3 Å². The molecule has 37 heavy (non-hydrogen) atoms. The molecular weight excluding hydrogens is 513 g/mol. The van der Waals surface area contributed by atoms with Gasteiger partial charge in [-0.1, -0.05) is 42.4 Å². The van der Waals surface area contributed by atoms with E-state index in [2.05, 4.69) is 15.9 Å². The molecule has 0 bridgehead atoms. The van der Waals surface area contributed by atoms with Gasteiger partial charge < -0.3 is 20.0 Å². The predicted molar refractivity (Wildman–Crippen MR) is 150 cm³/mol. The number of fused-ring (bicyclic) bond motifs is 1. The lowest BCUT2D eigenvalue weighted by Gasteiger charge is -2.35. The fraction of sp³-hybridized carbons (Fsp3) is 0.286. The van der Waals surface area contributed by atoms with Gasteiger partial charge in [0.05, 0.1) is 0 Å². The molecule has 2 aromatic carbocycles. The van der Waals surface area contributed by atoms with Crippen LogP contribution in [-0.2, 0) is 4.79 Å². The van der Waals surface area contributed by atoms with E-state index in [4.69, 9.17) is 16.7 Å². The van der Waals surface area contributed by atoms with Gasteiger partial charge in [-0.3, -0.25) is 4.79 Å². The average Bonchev–Trinajstić information content (AvgIpc) is 3.29.